The number of nitrogens with zero attached hydrogens (tertiary/aromatic N) is 11. The fraction of sp³-hybridized carbons (Fsp3) is 0.365. The number of methoxy groups -OCH3 is 2. The molecule has 2 saturated heterocycles. The number of rotatable bonds is 12. The number of nitrogens with two attached hydrogens (primary N) is 2. The highest BCUT2D eigenvalue weighted by atomic mass is 127. The molecule has 0 bridgehead atoms. The topological polar surface area (TPSA) is 409 Å². The second-order valence-electron chi connectivity index (χ2n) is 24.9. The zero-order valence-corrected chi connectivity index (χ0v) is 59.1. The summed E-state index contributed by atoms with van der Waals surface area (Å²) < 4.78 is 36.1. The van der Waals surface area contributed by atoms with E-state index in [1.54, 1.807) is 49.6 Å². The molecule has 2 unspecified atom stereocenters. The van der Waals surface area contributed by atoms with Crippen LogP contribution in [0.3, 0.4) is 0 Å². The minimum atomic E-state index is -0.974. The van der Waals surface area contributed by atoms with Gasteiger partial charge >= 0.3 is 32.1 Å². The Bertz CT molecular complexity index is 4400. The van der Waals surface area contributed by atoms with E-state index in [0.717, 1.165) is 75.8 Å². The molecule has 0 spiro atoms. The summed E-state index contributed by atoms with van der Waals surface area (Å²) in [5.74, 6) is 0.367. The summed E-state index contributed by atoms with van der Waals surface area (Å²) >= 11 is 5.10. The van der Waals surface area contributed by atoms with Crippen LogP contribution in [0.1, 0.15) is 93.2 Å². The van der Waals surface area contributed by atoms with Crippen molar-refractivity contribution < 1.29 is 57.2 Å². The summed E-state index contributed by atoms with van der Waals surface area (Å²) in [6.07, 6.45) is 14.3. The molecule has 4 aliphatic heterocycles. The quantitative estimate of drug-likeness (QED) is 0.0287. The van der Waals surface area contributed by atoms with E-state index in [4.69, 9.17) is 35.2 Å². The number of ether oxygens (including phenoxy) is 2. The Hall–Kier alpha value is -9.22. The Kier molecular flexibility index (Phi) is 22.3. The van der Waals surface area contributed by atoms with Crippen molar-refractivity contribution in [2.24, 2.45) is 22.0 Å². The minimum absolute atomic E-state index is 0.0113. The Balaban J connectivity index is 0.000000153. The average molecular weight is 1500 g/mol. The number of aromatic nitrogens is 12. The fourth-order valence-corrected chi connectivity index (χ4v) is 10.7. The molecule has 11 heterocycles. The molecule has 0 aliphatic carbocycles. The molecule has 9 aromatic rings. The monoisotopic (exact) mass is 1500 g/mol. The van der Waals surface area contributed by atoms with Gasteiger partial charge in [0.2, 0.25) is 11.8 Å². The molecule has 97 heavy (non-hydrogen) atoms. The summed E-state index contributed by atoms with van der Waals surface area (Å²) in [5, 5.41) is 32.5. The molecule has 30 nitrogen and oxygen atoms in total. The zero-order chi connectivity index (χ0) is 70.3. The third kappa shape index (κ3) is 17.3. The van der Waals surface area contributed by atoms with E-state index in [2.05, 4.69) is 119 Å². The maximum atomic E-state index is 11.5. The maximum absolute atomic E-state index is 11.5. The van der Waals surface area contributed by atoms with Crippen LogP contribution in [0.25, 0.3) is 56.0 Å². The third-order valence-corrected chi connectivity index (χ3v) is 17.8. The van der Waals surface area contributed by atoms with Gasteiger partial charge in [0.15, 0.2) is 0 Å². The molecular weight excluding hydrogens is 1430 g/mol. The van der Waals surface area contributed by atoms with E-state index >= 15 is 0 Å². The van der Waals surface area contributed by atoms with Crippen LogP contribution in [0.4, 0.5) is 11.6 Å². The minimum Gasteiger partial charge on any atom is -0.480 e. The number of aromatic amines is 3. The van der Waals surface area contributed by atoms with E-state index < -0.39 is 13.1 Å². The Morgan fingerprint density at radius 3 is 1.59 bits per heavy atom. The first-order chi connectivity index (χ1) is 45.9. The van der Waals surface area contributed by atoms with Crippen LogP contribution in [0.5, 0.6) is 0 Å². The summed E-state index contributed by atoms with van der Waals surface area (Å²) in [6, 6.07) is 15.5. The van der Waals surface area contributed by atoms with Gasteiger partial charge in [0.25, 0.3) is 0 Å². The number of benzene rings is 2. The number of carbonyl (C=O) groups excluding carboxylic acids is 4. The third-order valence-electron chi connectivity index (χ3n) is 16.7. The predicted octanol–water partition coefficient (Wildman–Crippen LogP) is 6.31. The number of hydrogen-bond acceptors (Lipinski definition) is 22. The van der Waals surface area contributed by atoms with Crippen LogP contribution < -0.4 is 33.2 Å². The van der Waals surface area contributed by atoms with Crippen molar-refractivity contribution in [3.8, 4) is 33.9 Å². The smallest absolute Gasteiger partial charge is 0.480 e. The largest absolute Gasteiger partial charge is 0.498 e. The van der Waals surface area contributed by atoms with Gasteiger partial charge in [-0.15, -0.1) is 0 Å². The van der Waals surface area contributed by atoms with Crippen LogP contribution in [-0.2, 0) is 65.2 Å². The molecule has 13 rings (SSSR count). The van der Waals surface area contributed by atoms with Crippen LogP contribution in [-0.4, -0.2) is 162 Å². The van der Waals surface area contributed by atoms with E-state index in [9.17, 15) is 24.0 Å². The number of esters is 2. The van der Waals surface area contributed by atoms with Gasteiger partial charge in [0.1, 0.15) is 41.7 Å². The van der Waals surface area contributed by atoms with Crippen molar-refractivity contribution in [2.45, 2.75) is 118 Å². The molecule has 0 saturated carbocycles. The van der Waals surface area contributed by atoms with Gasteiger partial charge < -0.3 is 54.6 Å². The number of carboxylic acid groups (broad SMARTS) is 1. The van der Waals surface area contributed by atoms with E-state index in [1.165, 1.54) is 23.6 Å². The lowest BCUT2D eigenvalue weighted by molar-refractivity contribution is -0.141. The number of pyridine rings is 2. The number of alkyl halides is 1. The highest BCUT2D eigenvalue weighted by Gasteiger charge is 2.53. The van der Waals surface area contributed by atoms with Gasteiger partial charge in [0, 0.05) is 105 Å². The number of carbonyl (C=O) groups is 5. The fourth-order valence-electron chi connectivity index (χ4n) is 9.98. The highest BCUT2D eigenvalue weighted by Crippen LogP contribution is 2.38. The first kappa shape index (κ1) is 72.1. The van der Waals surface area contributed by atoms with Gasteiger partial charge in [0.05, 0.1) is 87.4 Å². The SMILES string of the molecule is CC1(C)OB(c2cn[nH]c2)OC1(C)C.CC1CC(=O)NN=C1c1ccc2nc(-c3cc(-c4cnn(CC(=O)O)c4)cnc3N)[nH]c2c1.CC1CC(=O)NN=C1c1ccc2nc(-c3cc(I)cnc3N)[nH]c2c1.COC(=O)CBr.COC(=O)Cn1cc(B2OC(C)(C)C(C)(C)O2)cn1. The van der Waals surface area contributed by atoms with Crippen molar-refractivity contribution in [3.05, 3.63) is 113 Å². The molecule has 34 heteroatoms. The molecule has 2 fully saturated rings. The number of carboxylic acids is 1. The molecule has 10 N–H and O–H groups in total. The summed E-state index contributed by atoms with van der Waals surface area (Å²) in [6.45, 7) is 19.9. The summed E-state index contributed by atoms with van der Waals surface area (Å²) in [4.78, 5) is 79.3. The van der Waals surface area contributed by atoms with Gasteiger partial charge in [-0.05, 0) is 114 Å². The first-order valence-corrected chi connectivity index (χ1v) is 32.6. The normalized spacial score (nSPS) is 17.9. The number of fused-ring (bicyclic) bond motifs is 2. The number of hydrogen-bond donors (Lipinski definition) is 8. The Morgan fingerprint density at radius 1 is 0.639 bits per heavy atom. The van der Waals surface area contributed by atoms with Gasteiger partial charge in [-0.2, -0.15) is 25.5 Å². The lowest BCUT2D eigenvalue weighted by Crippen LogP contribution is -2.41. The van der Waals surface area contributed by atoms with E-state index in [-0.39, 0.29) is 83.5 Å². The van der Waals surface area contributed by atoms with Crippen LogP contribution in [0.2, 0.25) is 0 Å². The van der Waals surface area contributed by atoms with Crippen molar-refractivity contribution >= 4 is 139 Å². The number of nitrogen functional groups attached to an aromatic ring is 2. The Labute approximate surface area is 580 Å². The molecule has 2 aromatic carbocycles. The average Bonchev–Trinajstić information content (AvgIpc) is 1.28. The number of amides is 2. The molecule has 2 amide bonds. The van der Waals surface area contributed by atoms with E-state index in [0.29, 0.717) is 41.7 Å². The number of aliphatic carboxylic acids is 1. The number of halogens is 2. The summed E-state index contributed by atoms with van der Waals surface area (Å²) in [7, 11) is 1.93. The number of nitrogens with one attached hydrogen (secondary N) is 5. The van der Waals surface area contributed by atoms with Crippen molar-refractivity contribution in [2.75, 3.05) is 31.0 Å². The molecule has 508 valence electrons. The highest BCUT2D eigenvalue weighted by molar-refractivity contribution is 14.1. The Morgan fingerprint density at radius 2 is 1.12 bits per heavy atom. The second-order valence-corrected chi connectivity index (χ2v) is 26.7. The van der Waals surface area contributed by atoms with Crippen molar-refractivity contribution in [1.29, 1.82) is 0 Å². The van der Waals surface area contributed by atoms with Crippen LogP contribution >= 0.6 is 38.5 Å². The van der Waals surface area contributed by atoms with Gasteiger partial charge in [-0.3, -0.25) is 38.4 Å². The number of imidazole rings is 2. The number of hydrazone groups is 2. The zero-order valence-electron chi connectivity index (χ0n) is 55.4. The molecule has 4 aliphatic rings. The summed E-state index contributed by atoms with van der Waals surface area (Å²) in [5.41, 5.74) is 27.3. The van der Waals surface area contributed by atoms with Crippen LogP contribution in [0.15, 0.2) is 108 Å². The lowest BCUT2D eigenvalue weighted by Gasteiger charge is -2.32. The second kappa shape index (κ2) is 30.0. The standard InChI is InChI=1S/C22H20N8O3.C17H15IN6O.C12H19BN2O4.C9H15BN2O2.C3H5BrO2/c1-11-4-18(31)28-29-20(11)12-2-3-16-17(6-12)27-22(26-16)15-5-13(7-24-21(15)23)14-8-25-30(9-14)10-19(32)33;1-8-4-14(25)23-24-15(8)9-2-3-12-13(5-9)22-17(21-12)11-6-10(18)7-20-16(11)19;1-11(2)12(3,4)19-13(18-11)9-6-14-15(7-9)8-10(16)17-5;1-8(2)9(3,4)14-10(13-8)7-5-11-12-6-7;1-6-3(5)2-4/h2-3,5-9,11H,4,10H2,1H3,(H2,23,24)(H,26,27)(H,28,31)(H,32,33);2-3,5-8H,4H2,1H3,(H2,19,20)(H,21,22)(H,23,25);6-7H,8H2,1-5H3;5-6H,1-4H3,(H,11,12);2H2,1H3. The maximum Gasteiger partial charge on any atom is 0.498 e. The van der Waals surface area contributed by atoms with E-state index in [1.807, 2.05) is 118 Å². The predicted molar refractivity (Wildman–Crippen MR) is 376 cm³/mol. The van der Waals surface area contributed by atoms with Crippen molar-refractivity contribution in [1.82, 2.24) is 70.5 Å². The van der Waals surface area contributed by atoms with Crippen molar-refractivity contribution in [3.63, 3.8) is 0 Å². The lowest BCUT2D eigenvalue weighted by atomic mass is 9.82. The van der Waals surface area contributed by atoms with Crippen LogP contribution in [0, 0.1) is 15.4 Å². The first-order valence-electron chi connectivity index (χ1n) is 30.4. The molecule has 0 radical (unpaired) electrons. The van der Waals surface area contributed by atoms with Gasteiger partial charge in [-0.1, -0.05) is 41.9 Å². The number of H-pyrrole nitrogens is 3. The molecule has 2 atom stereocenters. The molecule has 7 aromatic heterocycles. The molecular formula is C63H74B2BrIN18O12. The number of anilines is 2. The van der Waals surface area contributed by atoms with Gasteiger partial charge in [-0.25, -0.2) is 30.8 Å².